The molecule has 0 N–H and O–H groups in total. The molecule has 0 radical (unpaired) electrons. The minimum atomic E-state index is -1.62. The third kappa shape index (κ3) is 63.0. The number of carboxylic acid groups (broad SMARTS) is 1. The average Bonchev–Trinajstić information content (AvgIpc) is 3.42. The maximum atomic E-state index is 12.9. The molecule has 0 aliphatic rings. The van der Waals surface area contributed by atoms with Crippen LogP contribution in [-0.2, 0) is 33.3 Å². The molecule has 0 rings (SSSR count). The largest absolute Gasteiger partial charge is 0.545 e. The first-order valence-corrected chi connectivity index (χ1v) is 34.1. The van der Waals surface area contributed by atoms with Crippen LogP contribution >= 0.6 is 0 Å². The van der Waals surface area contributed by atoms with Gasteiger partial charge in [-0.15, -0.1) is 0 Å². The van der Waals surface area contributed by atoms with Gasteiger partial charge >= 0.3 is 11.9 Å². The highest BCUT2D eigenvalue weighted by atomic mass is 16.7. The summed E-state index contributed by atoms with van der Waals surface area (Å²) in [6, 6.07) is 0. The van der Waals surface area contributed by atoms with Crippen LogP contribution in [0, 0.1) is 0 Å². The zero-order valence-corrected chi connectivity index (χ0v) is 53.0. The predicted octanol–water partition coefficient (Wildman–Crippen LogP) is 19.5. The number of carbonyl (C=O) groups excluding carboxylic acids is 3. The van der Waals surface area contributed by atoms with Crippen LogP contribution in [0.1, 0.15) is 335 Å². The summed E-state index contributed by atoms with van der Waals surface area (Å²) >= 11 is 0. The molecule has 2 unspecified atom stereocenters. The third-order valence-electron chi connectivity index (χ3n) is 15.4. The summed E-state index contributed by atoms with van der Waals surface area (Å²) in [5.41, 5.74) is 0. The van der Waals surface area contributed by atoms with Crippen LogP contribution in [0.4, 0.5) is 0 Å². The molecule has 0 aliphatic heterocycles. The Morgan fingerprint density at radius 1 is 0.380 bits per heavy atom. The lowest BCUT2D eigenvalue weighted by Gasteiger charge is -2.26. The van der Waals surface area contributed by atoms with Crippen molar-refractivity contribution in [3.63, 3.8) is 0 Å². The van der Waals surface area contributed by atoms with Gasteiger partial charge in [0.15, 0.2) is 12.4 Å². The number of aliphatic carboxylic acids is 1. The average molecular weight is 1110 g/mol. The number of quaternary nitrogens is 1. The summed E-state index contributed by atoms with van der Waals surface area (Å²) in [6.07, 6.45) is 73.6. The van der Waals surface area contributed by atoms with Crippen molar-refractivity contribution in [2.45, 2.75) is 347 Å². The highest BCUT2D eigenvalue weighted by Gasteiger charge is 2.22. The molecule has 0 saturated carbocycles. The van der Waals surface area contributed by atoms with Gasteiger partial charge < -0.3 is 33.3 Å². The normalized spacial score (nSPS) is 12.9. The van der Waals surface area contributed by atoms with E-state index in [2.05, 4.69) is 50.3 Å². The number of nitrogens with zero attached hydrogens (tertiary/aromatic N) is 1. The molecule has 9 heteroatoms. The molecule has 0 bridgehead atoms. The molecular formula is C70H131NO8. The van der Waals surface area contributed by atoms with Crippen molar-refractivity contribution in [3.8, 4) is 0 Å². The molecule has 0 fully saturated rings. The summed E-state index contributed by atoms with van der Waals surface area (Å²) in [5, 5.41) is 11.8. The van der Waals surface area contributed by atoms with Crippen molar-refractivity contribution in [2.24, 2.45) is 0 Å². The van der Waals surface area contributed by atoms with E-state index in [1.54, 1.807) is 0 Å². The summed E-state index contributed by atoms with van der Waals surface area (Å²) in [7, 11) is 5.94. The number of carbonyl (C=O) groups is 3. The Balaban J connectivity index is 4.10. The van der Waals surface area contributed by atoms with Gasteiger partial charge in [-0.2, -0.15) is 0 Å². The van der Waals surface area contributed by atoms with Crippen molar-refractivity contribution >= 4 is 17.9 Å². The molecule has 464 valence electrons. The Kier molecular flexibility index (Phi) is 59.6. The number of carboxylic acids is 1. The Bertz CT molecular complexity index is 1390. The Labute approximate surface area is 490 Å². The van der Waals surface area contributed by atoms with Gasteiger partial charge in [0, 0.05) is 12.8 Å². The molecular weight excluding hydrogens is 983 g/mol. The fraction of sp³-hybridized carbons (Fsp3) is 0.871. The van der Waals surface area contributed by atoms with Crippen LogP contribution in [0.25, 0.3) is 0 Å². The Morgan fingerprint density at radius 3 is 1.01 bits per heavy atom. The van der Waals surface area contributed by atoms with Gasteiger partial charge in [0.05, 0.1) is 40.3 Å². The van der Waals surface area contributed by atoms with E-state index in [1.807, 2.05) is 21.1 Å². The summed E-state index contributed by atoms with van der Waals surface area (Å²) in [6.45, 7) is 4.79. The van der Waals surface area contributed by atoms with E-state index in [-0.39, 0.29) is 32.2 Å². The zero-order chi connectivity index (χ0) is 57.6. The molecule has 0 amide bonds. The zero-order valence-electron chi connectivity index (χ0n) is 53.0. The molecule has 9 nitrogen and oxygen atoms in total. The van der Waals surface area contributed by atoms with Gasteiger partial charge in [-0.3, -0.25) is 9.59 Å². The van der Waals surface area contributed by atoms with E-state index in [4.69, 9.17) is 18.9 Å². The van der Waals surface area contributed by atoms with E-state index in [9.17, 15) is 19.5 Å². The third-order valence-corrected chi connectivity index (χ3v) is 15.4. The summed E-state index contributed by atoms with van der Waals surface area (Å²) < 4.78 is 22.8. The second kappa shape index (κ2) is 61.6. The van der Waals surface area contributed by atoms with Crippen LogP contribution in [-0.4, -0.2) is 82.3 Å². The number of esters is 2. The number of allylic oxidation sites excluding steroid dienone is 6. The van der Waals surface area contributed by atoms with Crippen LogP contribution in [0.15, 0.2) is 36.5 Å². The van der Waals surface area contributed by atoms with Gasteiger partial charge in [-0.1, -0.05) is 307 Å². The maximum absolute atomic E-state index is 12.9. The van der Waals surface area contributed by atoms with Gasteiger partial charge in [0.25, 0.3) is 0 Å². The van der Waals surface area contributed by atoms with Crippen molar-refractivity contribution in [3.05, 3.63) is 36.5 Å². The first kappa shape index (κ1) is 76.5. The van der Waals surface area contributed by atoms with Crippen molar-refractivity contribution in [1.29, 1.82) is 0 Å². The van der Waals surface area contributed by atoms with E-state index >= 15 is 0 Å². The van der Waals surface area contributed by atoms with Crippen LogP contribution in [0.2, 0.25) is 0 Å². The number of likely N-dealkylation sites (N-methyl/N-ethyl adjacent to an activating group) is 1. The number of hydrogen-bond donors (Lipinski definition) is 0. The number of rotatable bonds is 64. The molecule has 79 heavy (non-hydrogen) atoms. The molecule has 2 atom stereocenters. The van der Waals surface area contributed by atoms with E-state index < -0.39 is 24.3 Å². The maximum Gasteiger partial charge on any atom is 0.306 e. The highest BCUT2D eigenvalue weighted by molar-refractivity contribution is 5.70. The summed E-state index contributed by atoms with van der Waals surface area (Å²) in [4.78, 5) is 37.4. The lowest BCUT2D eigenvalue weighted by molar-refractivity contribution is -0.870. The number of ether oxygens (including phenoxy) is 4. The van der Waals surface area contributed by atoms with Crippen molar-refractivity contribution in [2.75, 3.05) is 47.5 Å². The van der Waals surface area contributed by atoms with Gasteiger partial charge in [0.1, 0.15) is 13.2 Å². The minimum Gasteiger partial charge on any atom is -0.545 e. The van der Waals surface area contributed by atoms with Crippen LogP contribution in [0.3, 0.4) is 0 Å². The molecule has 0 heterocycles. The second-order valence-electron chi connectivity index (χ2n) is 24.5. The first-order valence-electron chi connectivity index (χ1n) is 34.1. The van der Waals surface area contributed by atoms with Crippen LogP contribution < -0.4 is 5.11 Å². The highest BCUT2D eigenvalue weighted by Crippen LogP contribution is 2.18. The Hall–Kier alpha value is -2.49. The molecule has 0 aromatic heterocycles. The molecule has 0 saturated heterocycles. The molecule has 0 aromatic carbocycles. The van der Waals surface area contributed by atoms with E-state index in [0.29, 0.717) is 23.9 Å². The first-order chi connectivity index (χ1) is 38.6. The standard InChI is InChI=1S/C70H131NO8/c1-6-8-10-12-14-16-18-20-22-24-26-28-30-32-33-34-35-37-38-40-42-44-46-48-50-52-54-56-58-60-67(72)77-64-66(65-78-70(69(74)75)76-63-62-71(3,4)5)79-68(73)61-59-57-55-53-51-49-47-45-43-41-39-36-31-29-27-25-23-21-19-17-15-13-11-9-7-2/h19,21,25,27,31,36,66,70H,6-18,20,22-24,26,28-30,32-35,37-65H2,1-5H3/b21-19-,27-25-,36-31-. The quantitative estimate of drug-likeness (QED) is 0.0195. The SMILES string of the molecule is CCCCCCC/C=C\C/C=C\C/C=C\CCCCCCCCCCCCC(=O)OC(COC(=O)CCCCCCCCCCCCCCCCCCCCCCCCCCCCCCC)COC(OCC[N+](C)(C)C)C(=O)[O-]. The number of hydrogen-bond acceptors (Lipinski definition) is 8. The lowest BCUT2D eigenvalue weighted by Crippen LogP contribution is -2.44. The molecule has 0 spiro atoms. The van der Waals surface area contributed by atoms with Crippen molar-refractivity contribution in [1.82, 2.24) is 0 Å². The van der Waals surface area contributed by atoms with Crippen molar-refractivity contribution < 1.29 is 42.9 Å². The number of unbranched alkanes of at least 4 members (excludes halogenated alkanes) is 43. The van der Waals surface area contributed by atoms with E-state index in [0.717, 1.165) is 51.4 Å². The monoisotopic (exact) mass is 1110 g/mol. The van der Waals surface area contributed by atoms with Gasteiger partial charge in [0.2, 0.25) is 0 Å². The predicted molar refractivity (Wildman–Crippen MR) is 334 cm³/mol. The molecule has 0 aromatic rings. The second-order valence-corrected chi connectivity index (χ2v) is 24.5. The lowest BCUT2D eigenvalue weighted by atomic mass is 10.0. The Morgan fingerprint density at radius 2 is 0.684 bits per heavy atom. The fourth-order valence-electron chi connectivity index (χ4n) is 10.1. The summed E-state index contributed by atoms with van der Waals surface area (Å²) in [5.74, 6) is -2.27. The fourth-order valence-corrected chi connectivity index (χ4v) is 10.1. The minimum absolute atomic E-state index is 0.148. The smallest absolute Gasteiger partial charge is 0.306 e. The van der Waals surface area contributed by atoms with Gasteiger partial charge in [-0.05, 0) is 51.4 Å². The topological polar surface area (TPSA) is 111 Å². The van der Waals surface area contributed by atoms with Gasteiger partial charge in [-0.25, -0.2) is 0 Å². The molecule has 0 aliphatic carbocycles. The van der Waals surface area contributed by atoms with E-state index in [1.165, 1.54) is 250 Å². The van der Waals surface area contributed by atoms with Crippen LogP contribution in [0.5, 0.6) is 0 Å².